The van der Waals surface area contributed by atoms with Crippen molar-refractivity contribution in [2.75, 3.05) is 18.4 Å². The molecule has 1 unspecified atom stereocenters. The van der Waals surface area contributed by atoms with E-state index in [4.69, 9.17) is 10.5 Å². The Morgan fingerprint density at radius 2 is 1.83 bits per heavy atom. The van der Waals surface area contributed by atoms with Crippen LogP contribution in [0.5, 0.6) is 11.5 Å². The van der Waals surface area contributed by atoms with Gasteiger partial charge in [0.05, 0.1) is 5.69 Å². The largest absolute Gasteiger partial charge is 0.455 e. The van der Waals surface area contributed by atoms with Crippen molar-refractivity contribution >= 4 is 11.6 Å². The first kappa shape index (κ1) is 19.0. The zero-order valence-electron chi connectivity index (χ0n) is 16.2. The topological polar surface area (TPSA) is 76.4 Å². The van der Waals surface area contributed by atoms with Gasteiger partial charge in [0.1, 0.15) is 5.75 Å². The Hall–Kier alpha value is -3.31. The van der Waals surface area contributed by atoms with E-state index in [1.807, 2.05) is 24.3 Å². The summed E-state index contributed by atoms with van der Waals surface area (Å²) < 4.78 is 6.19. The van der Waals surface area contributed by atoms with Gasteiger partial charge in [-0.2, -0.15) is 0 Å². The minimum absolute atomic E-state index is 0.450. The van der Waals surface area contributed by atoms with Crippen molar-refractivity contribution in [2.45, 2.75) is 18.9 Å². The highest BCUT2D eigenvalue weighted by molar-refractivity contribution is 5.92. The molecule has 0 saturated carbocycles. The number of hydrogen-bond acceptors (Lipinski definition) is 4. The number of amides is 1. The lowest BCUT2D eigenvalue weighted by molar-refractivity contribution is 0.100. The van der Waals surface area contributed by atoms with Crippen molar-refractivity contribution in [3.63, 3.8) is 0 Å². The number of carbonyl (C=O) groups excluding carboxylic acids is 1. The molecule has 5 heteroatoms. The number of benzene rings is 3. The first-order valence-electron chi connectivity index (χ1n) is 9.93. The van der Waals surface area contributed by atoms with E-state index < -0.39 is 5.91 Å². The number of hydrogen-bond donors (Lipinski definition) is 3. The third kappa shape index (κ3) is 4.76. The van der Waals surface area contributed by atoms with Crippen LogP contribution in [0.15, 0.2) is 72.8 Å². The summed E-state index contributed by atoms with van der Waals surface area (Å²) in [5.74, 6) is 0.951. The molecule has 1 amide bonds. The summed E-state index contributed by atoms with van der Waals surface area (Å²) in [4.78, 5) is 11.3. The summed E-state index contributed by atoms with van der Waals surface area (Å²) in [7, 11) is 0. The van der Waals surface area contributed by atoms with Crippen LogP contribution < -0.4 is 21.1 Å². The van der Waals surface area contributed by atoms with Crippen molar-refractivity contribution in [3.05, 3.63) is 78.4 Å². The van der Waals surface area contributed by atoms with Crippen molar-refractivity contribution < 1.29 is 9.53 Å². The van der Waals surface area contributed by atoms with Crippen LogP contribution in [0.3, 0.4) is 0 Å². The Kier molecular flexibility index (Phi) is 5.77. The molecule has 0 aromatic heterocycles. The second-order valence-corrected chi connectivity index (χ2v) is 7.24. The molecular formula is C24H25N3O2. The zero-order valence-corrected chi connectivity index (χ0v) is 16.2. The number of ether oxygens (including phenoxy) is 1. The minimum atomic E-state index is -0.450. The number of anilines is 1. The van der Waals surface area contributed by atoms with Gasteiger partial charge in [-0.05, 0) is 66.9 Å². The maximum atomic E-state index is 11.3. The van der Waals surface area contributed by atoms with E-state index in [9.17, 15) is 4.79 Å². The number of rotatable bonds is 7. The predicted molar refractivity (Wildman–Crippen MR) is 116 cm³/mol. The molecule has 1 atom stereocenters. The van der Waals surface area contributed by atoms with Crippen LogP contribution in [0.25, 0.3) is 11.1 Å². The Labute approximate surface area is 170 Å². The normalized spacial score (nSPS) is 15.8. The molecule has 5 nitrogen and oxygen atoms in total. The van der Waals surface area contributed by atoms with E-state index in [2.05, 4.69) is 34.9 Å². The smallest absolute Gasteiger partial charge is 0.248 e. The molecule has 29 heavy (non-hydrogen) atoms. The summed E-state index contributed by atoms with van der Waals surface area (Å²) in [6, 6.07) is 23.8. The molecule has 1 fully saturated rings. The number of carbonyl (C=O) groups is 1. The van der Waals surface area contributed by atoms with E-state index in [1.54, 1.807) is 24.3 Å². The van der Waals surface area contributed by atoms with Gasteiger partial charge < -0.3 is 21.1 Å². The van der Waals surface area contributed by atoms with E-state index in [0.29, 0.717) is 17.4 Å². The van der Waals surface area contributed by atoms with Gasteiger partial charge >= 0.3 is 0 Å². The Balaban J connectivity index is 1.60. The first-order chi connectivity index (χ1) is 14.2. The molecule has 0 aliphatic carbocycles. The number of nitrogens with two attached hydrogens (primary N) is 1. The molecule has 1 aliphatic rings. The summed E-state index contributed by atoms with van der Waals surface area (Å²) in [6.45, 7) is 1.93. The highest BCUT2D eigenvalue weighted by Gasteiger charge is 2.15. The van der Waals surface area contributed by atoms with E-state index >= 15 is 0 Å². The van der Waals surface area contributed by atoms with Gasteiger partial charge in [0.25, 0.3) is 0 Å². The number of nitrogens with one attached hydrogen (secondary N) is 2. The van der Waals surface area contributed by atoms with Gasteiger partial charge in [0.2, 0.25) is 5.91 Å². The van der Waals surface area contributed by atoms with Gasteiger partial charge in [-0.3, -0.25) is 4.79 Å². The van der Waals surface area contributed by atoms with Gasteiger partial charge in [0.15, 0.2) is 5.75 Å². The third-order valence-corrected chi connectivity index (χ3v) is 5.16. The van der Waals surface area contributed by atoms with E-state index in [1.165, 1.54) is 12.8 Å². The lowest BCUT2D eigenvalue weighted by Gasteiger charge is -2.17. The first-order valence-corrected chi connectivity index (χ1v) is 9.93. The van der Waals surface area contributed by atoms with Gasteiger partial charge in [-0.1, -0.05) is 36.4 Å². The molecule has 0 spiro atoms. The predicted octanol–water partition coefficient (Wildman–Crippen LogP) is 4.41. The van der Waals surface area contributed by atoms with Crippen LogP contribution in [-0.4, -0.2) is 25.0 Å². The molecule has 1 saturated heterocycles. The standard InChI is InChI=1S/C24H25N3O2/c25-24(28)18-8-11-21(12-9-18)29-23-15-19(17-5-2-1-3-6-17)10-13-22(23)27-16-20-7-4-14-26-20/h1-3,5-6,8-13,15,20,26-27H,4,7,14,16H2,(H2,25,28). The quantitative estimate of drug-likeness (QED) is 0.561. The second kappa shape index (κ2) is 8.80. The molecule has 1 heterocycles. The monoisotopic (exact) mass is 387 g/mol. The summed E-state index contributed by atoms with van der Waals surface area (Å²) in [5, 5.41) is 7.03. The molecule has 4 rings (SSSR count). The Bertz CT molecular complexity index is 965. The maximum Gasteiger partial charge on any atom is 0.248 e. The fourth-order valence-electron chi connectivity index (χ4n) is 3.54. The van der Waals surface area contributed by atoms with Gasteiger partial charge in [-0.15, -0.1) is 0 Å². The van der Waals surface area contributed by atoms with Crippen molar-refractivity contribution in [3.8, 4) is 22.6 Å². The van der Waals surface area contributed by atoms with Crippen LogP contribution in [0.4, 0.5) is 5.69 Å². The van der Waals surface area contributed by atoms with Crippen LogP contribution in [0.1, 0.15) is 23.2 Å². The molecule has 1 aliphatic heterocycles. The molecular weight excluding hydrogens is 362 g/mol. The van der Waals surface area contributed by atoms with Crippen LogP contribution in [-0.2, 0) is 0 Å². The second-order valence-electron chi connectivity index (χ2n) is 7.24. The maximum absolute atomic E-state index is 11.3. The average Bonchev–Trinajstić information content (AvgIpc) is 3.27. The highest BCUT2D eigenvalue weighted by Crippen LogP contribution is 2.34. The molecule has 3 aromatic carbocycles. The molecule has 4 N–H and O–H groups in total. The molecule has 3 aromatic rings. The highest BCUT2D eigenvalue weighted by atomic mass is 16.5. The lowest BCUT2D eigenvalue weighted by atomic mass is 10.0. The summed E-state index contributed by atoms with van der Waals surface area (Å²) in [5.41, 5.74) is 8.94. The van der Waals surface area contributed by atoms with Crippen molar-refractivity contribution in [1.29, 1.82) is 0 Å². The van der Waals surface area contributed by atoms with E-state index in [-0.39, 0.29) is 0 Å². The van der Waals surface area contributed by atoms with Gasteiger partial charge in [-0.25, -0.2) is 0 Å². The van der Waals surface area contributed by atoms with Crippen LogP contribution in [0, 0.1) is 0 Å². The lowest BCUT2D eigenvalue weighted by Crippen LogP contribution is -2.29. The minimum Gasteiger partial charge on any atom is -0.455 e. The molecule has 0 radical (unpaired) electrons. The van der Waals surface area contributed by atoms with Crippen LogP contribution in [0.2, 0.25) is 0 Å². The van der Waals surface area contributed by atoms with Gasteiger partial charge in [0, 0.05) is 18.2 Å². The molecule has 148 valence electrons. The van der Waals surface area contributed by atoms with Crippen molar-refractivity contribution in [1.82, 2.24) is 5.32 Å². The number of primary amides is 1. The Morgan fingerprint density at radius 3 is 2.52 bits per heavy atom. The summed E-state index contributed by atoms with van der Waals surface area (Å²) in [6.07, 6.45) is 2.40. The molecule has 0 bridgehead atoms. The third-order valence-electron chi connectivity index (χ3n) is 5.16. The zero-order chi connectivity index (χ0) is 20.1. The van der Waals surface area contributed by atoms with E-state index in [0.717, 1.165) is 35.7 Å². The summed E-state index contributed by atoms with van der Waals surface area (Å²) >= 11 is 0. The van der Waals surface area contributed by atoms with Crippen LogP contribution >= 0.6 is 0 Å². The Morgan fingerprint density at radius 1 is 1.03 bits per heavy atom. The fraction of sp³-hybridized carbons (Fsp3) is 0.208. The SMILES string of the molecule is NC(=O)c1ccc(Oc2cc(-c3ccccc3)ccc2NCC2CCCN2)cc1. The fourth-order valence-corrected chi connectivity index (χ4v) is 3.54. The van der Waals surface area contributed by atoms with Crippen molar-refractivity contribution in [2.24, 2.45) is 5.73 Å². The average molecular weight is 387 g/mol.